The molecule has 2 N–H and O–H groups in total. The molecule has 1 aliphatic carbocycles. The highest BCUT2D eigenvalue weighted by molar-refractivity contribution is 5.92. The number of carboxylic acid groups (broad SMARTS) is 1. The Bertz CT molecular complexity index is 555. The van der Waals surface area contributed by atoms with Gasteiger partial charge >= 0.3 is 12.0 Å². The third-order valence-electron chi connectivity index (χ3n) is 3.03. The zero-order chi connectivity index (χ0) is 14.7. The number of urea groups is 1. The van der Waals surface area contributed by atoms with Crippen LogP contribution in [-0.2, 0) is 0 Å². The van der Waals surface area contributed by atoms with Gasteiger partial charge in [0, 0.05) is 18.3 Å². The van der Waals surface area contributed by atoms with Crippen molar-refractivity contribution in [2.75, 3.05) is 11.9 Å². The molecular weight excluding hydrogens is 263 g/mol. The van der Waals surface area contributed by atoms with Gasteiger partial charge in [0.2, 0.25) is 0 Å². The van der Waals surface area contributed by atoms with E-state index >= 15 is 0 Å². The van der Waals surface area contributed by atoms with Crippen molar-refractivity contribution >= 4 is 17.7 Å². The SMILES string of the molecule is C=CCN(C(=O)Nc1ccc(C(=O)O)c(F)c1)C1CC1. The van der Waals surface area contributed by atoms with Gasteiger partial charge in [0.15, 0.2) is 0 Å². The minimum atomic E-state index is -1.34. The first kappa shape index (κ1) is 14.0. The highest BCUT2D eigenvalue weighted by Crippen LogP contribution is 2.27. The molecule has 1 aromatic carbocycles. The zero-order valence-electron chi connectivity index (χ0n) is 10.8. The van der Waals surface area contributed by atoms with Crippen molar-refractivity contribution < 1.29 is 19.1 Å². The van der Waals surface area contributed by atoms with E-state index in [2.05, 4.69) is 11.9 Å². The van der Waals surface area contributed by atoms with Crippen LogP contribution in [0.25, 0.3) is 0 Å². The topological polar surface area (TPSA) is 69.6 Å². The average molecular weight is 278 g/mol. The van der Waals surface area contributed by atoms with E-state index in [1.807, 2.05) is 0 Å². The molecule has 0 atom stereocenters. The number of halogens is 1. The molecule has 0 aromatic heterocycles. The first-order valence-corrected chi connectivity index (χ1v) is 6.24. The highest BCUT2D eigenvalue weighted by Gasteiger charge is 2.31. The number of nitrogens with one attached hydrogen (secondary N) is 1. The van der Waals surface area contributed by atoms with E-state index in [4.69, 9.17) is 5.11 Å². The summed E-state index contributed by atoms with van der Waals surface area (Å²) in [5, 5.41) is 11.3. The molecule has 1 fully saturated rings. The lowest BCUT2D eigenvalue weighted by molar-refractivity contribution is 0.0692. The standard InChI is InChI=1S/C14H15FN2O3/c1-2-7-17(10-4-5-10)14(20)16-9-3-6-11(13(18)19)12(15)8-9/h2-3,6,8,10H,1,4-5,7H2,(H,16,20)(H,18,19). The second-order valence-corrected chi connectivity index (χ2v) is 4.60. The van der Waals surface area contributed by atoms with Crippen LogP contribution in [-0.4, -0.2) is 34.6 Å². The number of carboxylic acids is 1. The summed E-state index contributed by atoms with van der Waals surface area (Å²) in [6.45, 7) is 4.02. The second-order valence-electron chi connectivity index (χ2n) is 4.60. The summed E-state index contributed by atoms with van der Waals surface area (Å²) in [5.41, 5.74) is -0.194. The lowest BCUT2D eigenvalue weighted by Crippen LogP contribution is -2.36. The van der Waals surface area contributed by atoms with Crippen LogP contribution in [0.4, 0.5) is 14.9 Å². The number of rotatable bonds is 5. The predicted octanol–water partition coefficient (Wildman–Crippen LogP) is 2.71. The number of amides is 2. The summed E-state index contributed by atoms with van der Waals surface area (Å²) in [7, 11) is 0. The molecule has 5 nitrogen and oxygen atoms in total. The van der Waals surface area contributed by atoms with E-state index in [9.17, 15) is 14.0 Å². The number of hydrogen-bond donors (Lipinski definition) is 2. The van der Waals surface area contributed by atoms with Gasteiger partial charge in [0.05, 0.1) is 5.56 Å². The average Bonchev–Trinajstić information content (AvgIpc) is 3.19. The molecule has 1 aliphatic rings. The number of aromatic carboxylic acids is 1. The summed E-state index contributed by atoms with van der Waals surface area (Å²) in [5.74, 6) is -2.22. The van der Waals surface area contributed by atoms with Gasteiger partial charge in [-0.2, -0.15) is 0 Å². The van der Waals surface area contributed by atoms with E-state index in [-0.39, 0.29) is 17.8 Å². The second kappa shape index (κ2) is 5.73. The fourth-order valence-electron chi connectivity index (χ4n) is 1.88. The Balaban J connectivity index is 2.08. The largest absolute Gasteiger partial charge is 0.478 e. The third kappa shape index (κ3) is 3.14. The Kier molecular flexibility index (Phi) is 4.02. The summed E-state index contributed by atoms with van der Waals surface area (Å²) in [4.78, 5) is 24.4. The Labute approximate surface area is 115 Å². The van der Waals surface area contributed by atoms with Gasteiger partial charge in [0.1, 0.15) is 5.82 Å². The van der Waals surface area contributed by atoms with Crippen molar-refractivity contribution in [2.45, 2.75) is 18.9 Å². The van der Waals surface area contributed by atoms with Crippen molar-refractivity contribution in [1.29, 1.82) is 0 Å². The first-order chi connectivity index (χ1) is 9.52. The number of benzene rings is 1. The zero-order valence-corrected chi connectivity index (χ0v) is 10.8. The van der Waals surface area contributed by atoms with Crippen LogP contribution in [0.15, 0.2) is 30.9 Å². The van der Waals surface area contributed by atoms with Crippen molar-refractivity contribution in [3.63, 3.8) is 0 Å². The Morgan fingerprint density at radius 3 is 2.70 bits per heavy atom. The van der Waals surface area contributed by atoms with Crippen molar-refractivity contribution in [3.8, 4) is 0 Å². The van der Waals surface area contributed by atoms with Gasteiger partial charge in [-0.05, 0) is 31.0 Å². The Morgan fingerprint density at radius 2 is 2.20 bits per heavy atom. The molecule has 20 heavy (non-hydrogen) atoms. The molecule has 0 spiro atoms. The molecule has 0 radical (unpaired) electrons. The first-order valence-electron chi connectivity index (χ1n) is 6.24. The number of carbonyl (C=O) groups is 2. The number of carbonyl (C=O) groups excluding carboxylic acids is 1. The van der Waals surface area contributed by atoms with Crippen molar-refractivity contribution in [3.05, 3.63) is 42.2 Å². The van der Waals surface area contributed by atoms with E-state index in [1.165, 1.54) is 6.07 Å². The molecular formula is C14H15FN2O3. The number of hydrogen-bond acceptors (Lipinski definition) is 2. The predicted molar refractivity (Wildman–Crippen MR) is 72.3 cm³/mol. The smallest absolute Gasteiger partial charge is 0.338 e. The molecule has 6 heteroatoms. The van der Waals surface area contributed by atoms with E-state index < -0.39 is 17.3 Å². The fourth-order valence-corrected chi connectivity index (χ4v) is 1.88. The van der Waals surface area contributed by atoms with Gasteiger partial charge in [-0.15, -0.1) is 6.58 Å². The Hall–Kier alpha value is -2.37. The molecule has 0 bridgehead atoms. The lowest BCUT2D eigenvalue weighted by Gasteiger charge is -2.21. The minimum Gasteiger partial charge on any atom is -0.478 e. The van der Waals surface area contributed by atoms with Crippen LogP contribution in [0.3, 0.4) is 0 Å². The summed E-state index contributed by atoms with van der Waals surface area (Å²) in [6.07, 6.45) is 3.53. The summed E-state index contributed by atoms with van der Waals surface area (Å²) >= 11 is 0. The van der Waals surface area contributed by atoms with Crippen LogP contribution in [0.1, 0.15) is 23.2 Å². The van der Waals surface area contributed by atoms with Crippen LogP contribution >= 0.6 is 0 Å². The fraction of sp³-hybridized carbons (Fsp3) is 0.286. The van der Waals surface area contributed by atoms with Gasteiger partial charge < -0.3 is 15.3 Å². The lowest BCUT2D eigenvalue weighted by atomic mass is 10.2. The molecule has 2 amide bonds. The summed E-state index contributed by atoms with van der Waals surface area (Å²) in [6, 6.07) is 3.36. The van der Waals surface area contributed by atoms with E-state index in [0.717, 1.165) is 25.0 Å². The van der Waals surface area contributed by atoms with Crippen LogP contribution in [0.2, 0.25) is 0 Å². The van der Waals surface area contributed by atoms with Gasteiger partial charge in [-0.25, -0.2) is 14.0 Å². The molecule has 0 aliphatic heterocycles. The highest BCUT2D eigenvalue weighted by atomic mass is 19.1. The summed E-state index contributed by atoms with van der Waals surface area (Å²) < 4.78 is 13.5. The Morgan fingerprint density at radius 1 is 1.50 bits per heavy atom. The molecule has 106 valence electrons. The monoisotopic (exact) mass is 278 g/mol. The molecule has 2 rings (SSSR count). The number of anilines is 1. The van der Waals surface area contributed by atoms with Crippen molar-refractivity contribution in [1.82, 2.24) is 4.90 Å². The van der Waals surface area contributed by atoms with E-state index in [0.29, 0.717) is 6.54 Å². The maximum Gasteiger partial charge on any atom is 0.338 e. The maximum atomic E-state index is 13.5. The molecule has 0 heterocycles. The molecule has 1 saturated carbocycles. The molecule has 1 aromatic rings. The molecule has 0 unspecified atom stereocenters. The molecule has 0 saturated heterocycles. The van der Waals surface area contributed by atoms with Crippen molar-refractivity contribution in [2.24, 2.45) is 0 Å². The normalized spacial score (nSPS) is 13.7. The maximum absolute atomic E-state index is 13.5. The van der Waals surface area contributed by atoms with Gasteiger partial charge in [-0.3, -0.25) is 0 Å². The minimum absolute atomic E-state index is 0.205. The van der Waals surface area contributed by atoms with Crippen LogP contribution < -0.4 is 5.32 Å². The third-order valence-corrected chi connectivity index (χ3v) is 3.03. The quantitative estimate of drug-likeness (QED) is 0.814. The van der Waals surface area contributed by atoms with Gasteiger partial charge in [0.25, 0.3) is 0 Å². The van der Waals surface area contributed by atoms with E-state index in [1.54, 1.807) is 11.0 Å². The van der Waals surface area contributed by atoms with Crippen LogP contribution in [0, 0.1) is 5.82 Å². The number of nitrogens with zero attached hydrogens (tertiary/aromatic N) is 1. The van der Waals surface area contributed by atoms with Gasteiger partial charge in [-0.1, -0.05) is 6.08 Å². The van der Waals surface area contributed by atoms with Crippen LogP contribution in [0.5, 0.6) is 0 Å².